The molecule has 0 spiro atoms. The van der Waals surface area contributed by atoms with Crippen LogP contribution in [0.2, 0.25) is 0 Å². The average Bonchev–Trinajstić information content (AvgIpc) is 2.60. The predicted molar refractivity (Wildman–Crippen MR) is 94.7 cm³/mol. The van der Waals surface area contributed by atoms with Gasteiger partial charge in [-0.15, -0.1) is 0 Å². The van der Waals surface area contributed by atoms with Crippen molar-refractivity contribution in [2.24, 2.45) is 0 Å². The summed E-state index contributed by atoms with van der Waals surface area (Å²) >= 11 is 0. The maximum Gasteiger partial charge on any atom is 0.243 e. The summed E-state index contributed by atoms with van der Waals surface area (Å²) in [5, 5.41) is 5.27. The monoisotopic (exact) mass is 305 g/mol. The third-order valence-corrected chi connectivity index (χ3v) is 3.78. The number of amides is 1. The summed E-state index contributed by atoms with van der Waals surface area (Å²) in [6, 6.07) is 18.1. The summed E-state index contributed by atoms with van der Waals surface area (Å²) in [5.41, 5.74) is 1.82. The second-order valence-electron chi connectivity index (χ2n) is 5.33. The van der Waals surface area contributed by atoms with Gasteiger partial charge in [0.2, 0.25) is 5.91 Å². The Morgan fingerprint density at radius 1 is 1.04 bits per heavy atom. The molecule has 0 aliphatic heterocycles. The van der Waals surface area contributed by atoms with E-state index in [0.29, 0.717) is 6.54 Å². The maximum absolute atomic E-state index is 12.2. The minimum absolute atomic E-state index is 0.0359. The standard InChI is InChI=1S/C19H19N3O/c1-2-22(14-19(23)21-17-9-11-20-12-10-17)18-8-7-15-5-3-4-6-16(15)13-18/h3-13H,2,14H2,1H3,(H,20,21,23). The minimum Gasteiger partial charge on any atom is -0.362 e. The fourth-order valence-corrected chi connectivity index (χ4v) is 2.57. The lowest BCUT2D eigenvalue weighted by atomic mass is 10.1. The van der Waals surface area contributed by atoms with E-state index in [0.717, 1.165) is 17.9 Å². The summed E-state index contributed by atoms with van der Waals surface area (Å²) in [6.45, 7) is 3.13. The number of anilines is 2. The number of carbonyl (C=O) groups is 1. The van der Waals surface area contributed by atoms with Crippen LogP contribution in [0.3, 0.4) is 0 Å². The Morgan fingerprint density at radius 3 is 2.52 bits per heavy atom. The zero-order chi connectivity index (χ0) is 16.1. The first-order chi connectivity index (χ1) is 11.3. The Bertz CT molecular complexity index is 802. The van der Waals surface area contributed by atoms with Crippen molar-refractivity contribution in [3.8, 4) is 0 Å². The van der Waals surface area contributed by atoms with Gasteiger partial charge in [-0.3, -0.25) is 9.78 Å². The van der Waals surface area contributed by atoms with Crippen molar-refractivity contribution in [3.63, 3.8) is 0 Å². The molecule has 0 fully saturated rings. The summed E-state index contributed by atoms with van der Waals surface area (Å²) in [4.78, 5) is 18.2. The zero-order valence-corrected chi connectivity index (χ0v) is 13.1. The number of hydrogen-bond acceptors (Lipinski definition) is 3. The first kappa shape index (κ1) is 15.0. The summed E-state index contributed by atoms with van der Waals surface area (Å²) < 4.78 is 0. The van der Waals surface area contributed by atoms with Gasteiger partial charge in [0.15, 0.2) is 0 Å². The Balaban J connectivity index is 1.74. The van der Waals surface area contributed by atoms with Gasteiger partial charge in [0.25, 0.3) is 0 Å². The molecule has 0 aliphatic rings. The molecule has 116 valence electrons. The van der Waals surface area contributed by atoms with E-state index in [2.05, 4.69) is 52.5 Å². The summed E-state index contributed by atoms with van der Waals surface area (Å²) in [7, 11) is 0. The molecular formula is C19H19N3O. The van der Waals surface area contributed by atoms with Crippen molar-refractivity contribution < 1.29 is 4.79 Å². The topological polar surface area (TPSA) is 45.2 Å². The number of aromatic nitrogens is 1. The molecule has 0 saturated heterocycles. The second kappa shape index (κ2) is 6.92. The lowest BCUT2D eigenvalue weighted by molar-refractivity contribution is -0.115. The zero-order valence-electron chi connectivity index (χ0n) is 13.1. The average molecular weight is 305 g/mol. The maximum atomic E-state index is 12.2. The van der Waals surface area contributed by atoms with Gasteiger partial charge in [0.1, 0.15) is 0 Å². The molecule has 4 heteroatoms. The molecule has 1 heterocycles. The van der Waals surface area contributed by atoms with E-state index in [-0.39, 0.29) is 5.91 Å². The van der Waals surface area contributed by atoms with E-state index in [1.807, 2.05) is 12.1 Å². The lowest BCUT2D eigenvalue weighted by Gasteiger charge is -2.23. The van der Waals surface area contributed by atoms with Crippen LogP contribution in [0.4, 0.5) is 11.4 Å². The highest BCUT2D eigenvalue weighted by atomic mass is 16.2. The Morgan fingerprint density at radius 2 is 1.78 bits per heavy atom. The quantitative estimate of drug-likeness (QED) is 0.782. The fraction of sp³-hybridized carbons (Fsp3) is 0.158. The molecule has 0 aliphatic carbocycles. The number of likely N-dealkylation sites (N-methyl/N-ethyl adjacent to an activating group) is 1. The molecule has 4 nitrogen and oxygen atoms in total. The van der Waals surface area contributed by atoms with Crippen LogP contribution in [0, 0.1) is 0 Å². The third kappa shape index (κ3) is 3.66. The van der Waals surface area contributed by atoms with E-state index < -0.39 is 0 Å². The van der Waals surface area contributed by atoms with Gasteiger partial charge in [-0.05, 0) is 42.0 Å². The van der Waals surface area contributed by atoms with Gasteiger partial charge in [0.05, 0.1) is 6.54 Å². The van der Waals surface area contributed by atoms with Crippen molar-refractivity contribution in [1.29, 1.82) is 0 Å². The van der Waals surface area contributed by atoms with Crippen molar-refractivity contribution in [2.75, 3.05) is 23.3 Å². The molecule has 0 unspecified atom stereocenters. The highest BCUT2D eigenvalue weighted by molar-refractivity contribution is 5.94. The van der Waals surface area contributed by atoms with Crippen LogP contribution in [0.1, 0.15) is 6.92 Å². The number of pyridine rings is 1. The van der Waals surface area contributed by atoms with Crippen LogP contribution in [0.5, 0.6) is 0 Å². The first-order valence-electron chi connectivity index (χ1n) is 7.70. The number of rotatable bonds is 5. The van der Waals surface area contributed by atoms with Crippen LogP contribution >= 0.6 is 0 Å². The van der Waals surface area contributed by atoms with Crippen LogP contribution < -0.4 is 10.2 Å². The predicted octanol–water partition coefficient (Wildman–Crippen LogP) is 3.70. The second-order valence-corrected chi connectivity index (χ2v) is 5.33. The fourth-order valence-electron chi connectivity index (χ4n) is 2.57. The number of nitrogens with zero attached hydrogens (tertiary/aromatic N) is 2. The van der Waals surface area contributed by atoms with Gasteiger partial charge < -0.3 is 10.2 Å². The van der Waals surface area contributed by atoms with E-state index in [1.54, 1.807) is 24.5 Å². The lowest BCUT2D eigenvalue weighted by Crippen LogP contribution is -2.33. The van der Waals surface area contributed by atoms with E-state index >= 15 is 0 Å². The number of hydrogen-bond donors (Lipinski definition) is 1. The molecule has 0 saturated carbocycles. The largest absolute Gasteiger partial charge is 0.362 e. The smallest absolute Gasteiger partial charge is 0.243 e. The van der Waals surface area contributed by atoms with Gasteiger partial charge in [-0.25, -0.2) is 0 Å². The van der Waals surface area contributed by atoms with Crippen LogP contribution in [-0.4, -0.2) is 24.0 Å². The van der Waals surface area contributed by atoms with Gasteiger partial charge >= 0.3 is 0 Å². The molecule has 3 aromatic rings. The van der Waals surface area contributed by atoms with Crippen molar-refractivity contribution in [2.45, 2.75) is 6.92 Å². The highest BCUT2D eigenvalue weighted by Crippen LogP contribution is 2.22. The third-order valence-electron chi connectivity index (χ3n) is 3.78. The Labute approximate surface area is 135 Å². The van der Waals surface area contributed by atoms with Crippen LogP contribution in [0.25, 0.3) is 10.8 Å². The number of carbonyl (C=O) groups excluding carboxylic acids is 1. The number of benzene rings is 2. The van der Waals surface area contributed by atoms with Crippen molar-refractivity contribution in [1.82, 2.24) is 4.98 Å². The van der Waals surface area contributed by atoms with E-state index in [1.165, 1.54) is 10.8 Å². The summed E-state index contributed by atoms with van der Waals surface area (Å²) in [6.07, 6.45) is 3.33. The first-order valence-corrected chi connectivity index (χ1v) is 7.70. The molecular weight excluding hydrogens is 286 g/mol. The Hall–Kier alpha value is -2.88. The van der Waals surface area contributed by atoms with E-state index in [4.69, 9.17) is 0 Å². The molecule has 0 atom stereocenters. The molecule has 1 aromatic heterocycles. The highest BCUT2D eigenvalue weighted by Gasteiger charge is 2.10. The molecule has 1 N–H and O–H groups in total. The van der Waals surface area contributed by atoms with Gasteiger partial charge in [-0.1, -0.05) is 30.3 Å². The number of nitrogens with one attached hydrogen (secondary N) is 1. The van der Waals surface area contributed by atoms with Crippen LogP contribution in [0.15, 0.2) is 67.0 Å². The Kier molecular flexibility index (Phi) is 4.52. The van der Waals surface area contributed by atoms with E-state index in [9.17, 15) is 4.79 Å². The van der Waals surface area contributed by atoms with Crippen molar-refractivity contribution >= 4 is 28.1 Å². The number of fused-ring (bicyclic) bond motifs is 1. The minimum atomic E-state index is -0.0359. The SMILES string of the molecule is CCN(CC(=O)Nc1ccncc1)c1ccc2ccccc2c1. The molecule has 23 heavy (non-hydrogen) atoms. The van der Waals surface area contributed by atoms with Gasteiger partial charge in [0, 0.05) is 30.3 Å². The molecule has 0 bridgehead atoms. The molecule has 2 aromatic carbocycles. The van der Waals surface area contributed by atoms with Crippen molar-refractivity contribution in [3.05, 3.63) is 67.0 Å². The van der Waals surface area contributed by atoms with Crippen LogP contribution in [-0.2, 0) is 4.79 Å². The molecule has 3 rings (SSSR count). The molecule has 0 radical (unpaired) electrons. The normalized spacial score (nSPS) is 10.5. The summed E-state index contributed by atoms with van der Waals surface area (Å²) in [5.74, 6) is -0.0359. The molecule has 1 amide bonds. The van der Waals surface area contributed by atoms with Gasteiger partial charge in [-0.2, -0.15) is 0 Å².